The van der Waals surface area contributed by atoms with Crippen molar-refractivity contribution in [2.45, 2.75) is 13.0 Å². The van der Waals surface area contributed by atoms with Crippen molar-refractivity contribution in [2.75, 3.05) is 27.2 Å². The molecule has 0 N–H and O–H groups in total. The first-order chi connectivity index (χ1) is 13.3. The summed E-state index contributed by atoms with van der Waals surface area (Å²) in [5.74, 6) is 0.915. The minimum Gasteiger partial charge on any atom is -0.497 e. The highest BCUT2D eigenvalue weighted by molar-refractivity contribution is 6.07. The Labute approximate surface area is 160 Å². The molecule has 0 unspecified atom stereocenters. The van der Waals surface area contributed by atoms with Gasteiger partial charge in [-0.3, -0.25) is 0 Å². The van der Waals surface area contributed by atoms with E-state index >= 15 is 0 Å². The molecule has 0 aliphatic carbocycles. The molecular formula is C24H26N2O. The molecule has 138 valence electrons. The zero-order valence-electron chi connectivity index (χ0n) is 16.1. The van der Waals surface area contributed by atoms with Crippen LogP contribution in [0.5, 0.6) is 5.75 Å². The summed E-state index contributed by atoms with van der Waals surface area (Å²) in [6, 6.07) is 25.8. The van der Waals surface area contributed by atoms with E-state index in [1.807, 2.05) is 12.1 Å². The molecule has 4 aromatic rings. The van der Waals surface area contributed by atoms with Gasteiger partial charge in [-0.2, -0.15) is 0 Å². The SMILES string of the molecule is COc1ccc(CCN(C)CCn2c3ccccc3c3ccccc32)cc1. The standard InChI is InChI=1S/C24H26N2O/c1-25(16-15-19-11-13-20(27-2)14-12-19)17-18-26-23-9-5-3-7-21(23)22-8-4-6-10-24(22)26/h3-14H,15-18H2,1-2H3. The molecule has 0 saturated carbocycles. The van der Waals surface area contributed by atoms with Crippen molar-refractivity contribution in [3.63, 3.8) is 0 Å². The quantitative estimate of drug-likeness (QED) is 0.464. The molecule has 0 saturated heterocycles. The summed E-state index contributed by atoms with van der Waals surface area (Å²) in [5.41, 5.74) is 3.99. The molecule has 27 heavy (non-hydrogen) atoms. The maximum Gasteiger partial charge on any atom is 0.118 e. The summed E-state index contributed by atoms with van der Waals surface area (Å²) in [6.07, 6.45) is 1.05. The normalized spacial score (nSPS) is 11.5. The highest BCUT2D eigenvalue weighted by Crippen LogP contribution is 2.28. The lowest BCUT2D eigenvalue weighted by Gasteiger charge is -2.18. The summed E-state index contributed by atoms with van der Waals surface area (Å²) in [4.78, 5) is 2.41. The van der Waals surface area contributed by atoms with Crippen LogP contribution in [0.3, 0.4) is 0 Å². The van der Waals surface area contributed by atoms with Crippen LogP contribution < -0.4 is 4.74 Å². The van der Waals surface area contributed by atoms with Gasteiger partial charge in [-0.25, -0.2) is 0 Å². The zero-order chi connectivity index (χ0) is 18.6. The van der Waals surface area contributed by atoms with Crippen LogP contribution in [0.25, 0.3) is 21.8 Å². The van der Waals surface area contributed by atoms with E-state index in [1.165, 1.54) is 27.4 Å². The first-order valence-electron chi connectivity index (χ1n) is 9.54. The maximum atomic E-state index is 5.23. The smallest absolute Gasteiger partial charge is 0.118 e. The lowest BCUT2D eigenvalue weighted by molar-refractivity contribution is 0.326. The molecule has 0 radical (unpaired) electrons. The predicted octanol–water partition coefficient (Wildman–Crippen LogP) is 4.98. The van der Waals surface area contributed by atoms with Gasteiger partial charge in [0, 0.05) is 41.4 Å². The number of likely N-dealkylation sites (N-methyl/N-ethyl adjacent to an activating group) is 1. The number of ether oxygens (including phenoxy) is 1. The van der Waals surface area contributed by atoms with Gasteiger partial charge in [-0.05, 0) is 43.3 Å². The van der Waals surface area contributed by atoms with Crippen molar-refractivity contribution in [3.8, 4) is 5.75 Å². The average Bonchev–Trinajstić information content (AvgIpc) is 3.05. The topological polar surface area (TPSA) is 17.4 Å². The molecule has 0 fully saturated rings. The third-order valence-electron chi connectivity index (χ3n) is 5.33. The second-order valence-electron chi connectivity index (χ2n) is 7.09. The average molecular weight is 358 g/mol. The molecule has 4 rings (SSSR count). The number of para-hydroxylation sites is 2. The first kappa shape index (κ1) is 17.6. The van der Waals surface area contributed by atoms with Crippen LogP contribution in [0.2, 0.25) is 0 Å². The largest absolute Gasteiger partial charge is 0.497 e. The predicted molar refractivity (Wildman–Crippen MR) is 114 cm³/mol. The van der Waals surface area contributed by atoms with Crippen LogP contribution in [0.15, 0.2) is 72.8 Å². The van der Waals surface area contributed by atoms with Crippen LogP contribution in [0.1, 0.15) is 5.56 Å². The van der Waals surface area contributed by atoms with Gasteiger partial charge in [0.1, 0.15) is 5.75 Å². The van der Waals surface area contributed by atoms with E-state index in [2.05, 4.69) is 77.2 Å². The Kier molecular flexibility index (Phi) is 5.12. The lowest BCUT2D eigenvalue weighted by Crippen LogP contribution is -2.25. The van der Waals surface area contributed by atoms with E-state index < -0.39 is 0 Å². The van der Waals surface area contributed by atoms with Gasteiger partial charge < -0.3 is 14.2 Å². The number of fused-ring (bicyclic) bond motifs is 3. The molecule has 0 spiro atoms. The van der Waals surface area contributed by atoms with Gasteiger partial charge in [0.15, 0.2) is 0 Å². The van der Waals surface area contributed by atoms with Crippen molar-refractivity contribution in [1.82, 2.24) is 9.47 Å². The molecule has 3 heteroatoms. The van der Waals surface area contributed by atoms with Crippen molar-refractivity contribution >= 4 is 21.8 Å². The second kappa shape index (κ2) is 7.85. The Hall–Kier alpha value is -2.78. The van der Waals surface area contributed by atoms with E-state index in [1.54, 1.807) is 7.11 Å². The summed E-state index contributed by atoms with van der Waals surface area (Å²) < 4.78 is 7.68. The van der Waals surface area contributed by atoms with E-state index in [-0.39, 0.29) is 0 Å². The maximum absolute atomic E-state index is 5.23. The fraction of sp³-hybridized carbons (Fsp3) is 0.250. The summed E-state index contributed by atoms with van der Waals surface area (Å²) in [7, 11) is 3.91. The first-order valence-corrected chi connectivity index (χ1v) is 9.54. The fourth-order valence-electron chi connectivity index (χ4n) is 3.74. The molecule has 3 aromatic carbocycles. The number of benzene rings is 3. The third kappa shape index (κ3) is 3.69. The highest BCUT2D eigenvalue weighted by atomic mass is 16.5. The van der Waals surface area contributed by atoms with Crippen LogP contribution in [-0.4, -0.2) is 36.7 Å². The van der Waals surface area contributed by atoms with Crippen molar-refractivity contribution in [1.29, 1.82) is 0 Å². The molecule has 0 aliphatic rings. The molecule has 0 amide bonds. The number of hydrogen-bond acceptors (Lipinski definition) is 2. The van der Waals surface area contributed by atoms with Gasteiger partial charge >= 0.3 is 0 Å². The summed E-state index contributed by atoms with van der Waals surface area (Å²) >= 11 is 0. The molecule has 1 aromatic heterocycles. The highest BCUT2D eigenvalue weighted by Gasteiger charge is 2.10. The monoisotopic (exact) mass is 358 g/mol. The number of hydrogen-bond donors (Lipinski definition) is 0. The van der Waals surface area contributed by atoms with Crippen molar-refractivity contribution < 1.29 is 4.74 Å². The number of nitrogens with zero attached hydrogens (tertiary/aromatic N) is 2. The molecule has 3 nitrogen and oxygen atoms in total. The Balaban J connectivity index is 1.44. The van der Waals surface area contributed by atoms with Gasteiger partial charge in [0.2, 0.25) is 0 Å². The van der Waals surface area contributed by atoms with E-state index in [0.29, 0.717) is 0 Å². The Bertz CT molecular complexity index is 980. The number of rotatable bonds is 7. The van der Waals surface area contributed by atoms with Crippen LogP contribution in [0.4, 0.5) is 0 Å². The number of methoxy groups -OCH3 is 1. The fourth-order valence-corrected chi connectivity index (χ4v) is 3.74. The zero-order valence-corrected chi connectivity index (χ0v) is 16.1. The van der Waals surface area contributed by atoms with Crippen LogP contribution >= 0.6 is 0 Å². The Morgan fingerprint density at radius 1 is 0.778 bits per heavy atom. The molecule has 0 bridgehead atoms. The third-order valence-corrected chi connectivity index (χ3v) is 5.33. The van der Waals surface area contributed by atoms with E-state index in [4.69, 9.17) is 4.74 Å². The number of aromatic nitrogens is 1. The van der Waals surface area contributed by atoms with Gasteiger partial charge in [0.25, 0.3) is 0 Å². The van der Waals surface area contributed by atoms with Gasteiger partial charge in [-0.1, -0.05) is 48.5 Å². The minimum atomic E-state index is 0.915. The Morgan fingerprint density at radius 2 is 1.37 bits per heavy atom. The van der Waals surface area contributed by atoms with Crippen molar-refractivity contribution in [2.24, 2.45) is 0 Å². The van der Waals surface area contributed by atoms with E-state index in [0.717, 1.165) is 31.8 Å². The van der Waals surface area contributed by atoms with Crippen molar-refractivity contribution in [3.05, 3.63) is 78.4 Å². The molecular weight excluding hydrogens is 332 g/mol. The van der Waals surface area contributed by atoms with Gasteiger partial charge in [-0.15, -0.1) is 0 Å². The minimum absolute atomic E-state index is 0.915. The molecule has 1 heterocycles. The van der Waals surface area contributed by atoms with Crippen LogP contribution in [0, 0.1) is 0 Å². The summed E-state index contributed by atoms with van der Waals surface area (Å²) in [6.45, 7) is 3.06. The second-order valence-corrected chi connectivity index (χ2v) is 7.09. The molecule has 0 atom stereocenters. The van der Waals surface area contributed by atoms with Gasteiger partial charge in [0.05, 0.1) is 7.11 Å². The van der Waals surface area contributed by atoms with Crippen LogP contribution in [-0.2, 0) is 13.0 Å². The lowest BCUT2D eigenvalue weighted by atomic mass is 10.1. The summed E-state index contributed by atoms with van der Waals surface area (Å²) in [5, 5.41) is 2.68. The Morgan fingerprint density at radius 3 is 1.96 bits per heavy atom. The molecule has 0 aliphatic heterocycles. The van der Waals surface area contributed by atoms with E-state index in [9.17, 15) is 0 Å².